The highest BCUT2D eigenvalue weighted by molar-refractivity contribution is 7.89. The van der Waals surface area contributed by atoms with E-state index >= 15 is 0 Å². The molecule has 2 aromatic rings. The summed E-state index contributed by atoms with van der Waals surface area (Å²) >= 11 is 0. The van der Waals surface area contributed by atoms with Gasteiger partial charge in [0.25, 0.3) is 0 Å². The van der Waals surface area contributed by atoms with Crippen molar-refractivity contribution >= 4 is 21.5 Å². The average molecular weight is 289 g/mol. The Morgan fingerprint density at radius 2 is 1.85 bits per heavy atom. The molecule has 1 aliphatic rings. The zero-order chi connectivity index (χ0) is 14.3. The van der Waals surface area contributed by atoms with Crippen LogP contribution in [-0.2, 0) is 10.0 Å². The van der Waals surface area contributed by atoms with E-state index in [4.69, 9.17) is 0 Å². The number of pyridine rings is 1. The van der Waals surface area contributed by atoms with E-state index < -0.39 is 10.0 Å². The maximum atomic E-state index is 12.3. The molecule has 3 rings (SSSR count). The normalized spacial score (nSPS) is 17.8. The summed E-state index contributed by atoms with van der Waals surface area (Å²) in [6.07, 6.45) is 1.61. The largest absolute Gasteiger partial charge is 0.311 e. The molecule has 0 N–H and O–H groups in total. The molecule has 0 fully saturated rings. The Labute approximate surface area is 118 Å². The number of benzene rings is 1. The molecule has 1 aromatic heterocycles. The number of nitrogens with zero attached hydrogens (tertiary/aromatic N) is 3. The van der Waals surface area contributed by atoms with Crippen LogP contribution in [0, 0.1) is 6.92 Å². The lowest BCUT2D eigenvalue weighted by molar-refractivity contribution is 0.462. The van der Waals surface area contributed by atoms with Crippen LogP contribution in [-0.4, -0.2) is 31.4 Å². The molecule has 1 aliphatic heterocycles. The second-order valence-corrected chi connectivity index (χ2v) is 6.85. The first-order chi connectivity index (χ1) is 9.50. The molecular weight excluding hydrogens is 274 g/mol. The quantitative estimate of drug-likeness (QED) is 0.807. The van der Waals surface area contributed by atoms with Gasteiger partial charge in [0.1, 0.15) is 4.90 Å². The fraction of sp³-hybridized carbons (Fsp3) is 0.214. The lowest BCUT2D eigenvalue weighted by Gasteiger charge is -2.34. The summed E-state index contributed by atoms with van der Waals surface area (Å²) in [5.41, 5.74) is 2.09. The lowest BCUT2D eigenvalue weighted by atomic mass is 10.2. The van der Waals surface area contributed by atoms with Crippen LogP contribution < -0.4 is 4.90 Å². The number of hydrogen-bond donors (Lipinski definition) is 0. The summed E-state index contributed by atoms with van der Waals surface area (Å²) in [7, 11) is -1.86. The van der Waals surface area contributed by atoms with Gasteiger partial charge in [-0.1, -0.05) is 17.7 Å². The molecule has 0 unspecified atom stereocenters. The van der Waals surface area contributed by atoms with E-state index in [1.165, 1.54) is 4.31 Å². The second-order valence-electron chi connectivity index (χ2n) is 4.83. The van der Waals surface area contributed by atoms with E-state index in [2.05, 4.69) is 4.98 Å². The standard InChI is InChI=1S/C14H15N3O2S/c1-11-5-7-12(8-6-11)17-10-16(2)20(18,19)13-4-3-9-15-14(13)17/h3-9H,10H2,1-2H3. The van der Waals surface area contributed by atoms with Gasteiger partial charge in [-0.2, -0.15) is 4.31 Å². The molecule has 5 nitrogen and oxygen atoms in total. The maximum Gasteiger partial charge on any atom is 0.248 e. The number of aromatic nitrogens is 1. The minimum Gasteiger partial charge on any atom is -0.311 e. The van der Waals surface area contributed by atoms with Gasteiger partial charge < -0.3 is 4.90 Å². The number of anilines is 2. The van der Waals surface area contributed by atoms with E-state index in [0.717, 1.165) is 11.3 Å². The van der Waals surface area contributed by atoms with Gasteiger partial charge in [0, 0.05) is 18.9 Å². The number of rotatable bonds is 1. The van der Waals surface area contributed by atoms with Crippen LogP contribution in [0.1, 0.15) is 5.56 Å². The van der Waals surface area contributed by atoms with E-state index in [1.807, 2.05) is 36.1 Å². The predicted octanol–water partition coefficient (Wildman–Crippen LogP) is 2.12. The minimum atomic E-state index is -3.44. The Hall–Kier alpha value is -1.92. The summed E-state index contributed by atoms with van der Waals surface area (Å²) in [6, 6.07) is 11.2. The molecule has 0 atom stereocenters. The van der Waals surface area contributed by atoms with Gasteiger partial charge in [-0.15, -0.1) is 0 Å². The van der Waals surface area contributed by atoms with Crippen molar-refractivity contribution in [3.63, 3.8) is 0 Å². The van der Waals surface area contributed by atoms with Crippen molar-refractivity contribution in [1.82, 2.24) is 9.29 Å². The highest BCUT2D eigenvalue weighted by Gasteiger charge is 2.34. The van der Waals surface area contributed by atoms with Crippen LogP contribution >= 0.6 is 0 Å². The third-order valence-electron chi connectivity index (χ3n) is 3.38. The molecular formula is C14H15N3O2S. The summed E-state index contributed by atoms with van der Waals surface area (Å²) in [4.78, 5) is 6.39. The van der Waals surface area contributed by atoms with E-state index in [9.17, 15) is 8.42 Å². The van der Waals surface area contributed by atoms with Crippen molar-refractivity contribution in [2.24, 2.45) is 0 Å². The summed E-state index contributed by atoms with van der Waals surface area (Å²) < 4.78 is 25.9. The molecule has 0 saturated heterocycles. The van der Waals surface area contributed by atoms with Crippen molar-refractivity contribution in [2.45, 2.75) is 11.8 Å². The van der Waals surface area contributed by atoms with Crippen LogP contribution in [0.25, 0.3) is 0 Å². The third-order valence-corrected chi connectivity index (χ3v) is 5.19. The van der Waals surface area contributed by atoms with Crippen molar-refractivity contribution in [3.05, 3.63) is 48.2 Å². The topological polar surface area (TPSA) is 53.5 Å². The fourth-order valence-corrected chi connectivity index (χ4v) is 3.47. The van der Waals surface area contributed by atoms with Gasteiger partial charge in [0.05, 0.1) is 6.67 Å². The Morgan fingerprint density at radius 3 is 2.55 bits per heavy atom. The van der Waals surface area contributed by atoms with Crippen LogP contribution in [0.2, 0.25) is 0 Å². The van der Waals surface area contributed by atoms with Gasteiger partial charge in [-0.25, -0.2) is 13.4 Å². The van der Waals surface area contributed by atoms with Crippen molar-refractivity contribution in [1.29, 1.82) is 0 Å². The minimum absolute atomic E-state index is 0.245. The molecule has 1 aromatic carbocycles. The number of hydrogen-bond acceptors (Lipinski definition) is 4. The smallest absolute Gasteiger partial charge is 0.248 e. The highest BCUT2D eigenvalue weighted by atomic mass is 32.2. The third kappa shape index (κ3) is 1.97. The molecule has 6 heteroatoms. The first kappa shape index (κ1) is 13.1. The molecule has 2 heterocycles. The van der Waals surface area contributed by atoms with Crippen LogP contribution in [0.5, 0.6) is 0 Å². The monoisotopic (exact) mass is 289 g/mol. The van der Waals surface area contributed by atoms with Gasteiger partial charge in [-0.05, 0) is 31.2 Å². The number of sulfonamides is 1. The SMILES string of the molecule is Cc1ccc(N2CN(C)S(=O)(=O)c3cccnc32)cc1. The average Bonchev–Trinajstić information content (AvgIpc) is 2.44. The van der Waals surface area contributed by atoms with Gasteiger partial charge in [-0.3, -0.25) is 0 Å². The molecule has 0 spiro atoms. The zero-order valence-electron chi connectivity index (χ0n) is 11.3. The Balaban J connectivity index is 2.17. The maximum absolute atomic E-state index is 12.3. The molecule has 0 amide bonds. The molecule has 20 heavy (non-hydrogen) atoms. The first-order valence-electron chi connectivity index (χ1n) is 6.26. The second kappa shape index (κ2) is 4.57. The molecule has 0 bridgehead atoms. The molecule has 0 aliphatic carbocycles. The van der Waals surface area contributed by atoms with E-state index in [0.29, 0.717) is 5.82 Å². The van der Waals surface area contributed by atoms with Crippen molar-refractivity contribution in [2.75, 3.05) is 18.6 Å². The fourth-order valence-electron chi connectivity index (χ4n) is 2.22. The van der Waals surface area contributed by atoms with E-state index in [1.54, 1.807) is 25.4 Å². The number of fused-ring (bicyclic) bond motifs is 1. The van der Waals surface area contributed by atoms with Crippen LogP contribution in [0.15, 0.2) is 47.5 Å². The lowest BCUT2D eigenvalue weighted by Crippen LogP contribution is -2.42. The summed E-state index contributed by atoms with van der Waals surface area (Å²) in [5.74, 6) is 0.481. The highest BCUT2D eigenvalue weighted by Crippen LogP contribution is 2.35. The Kier molecular flexibility index (Phi) is 2.99. The van der Waals surface area contributed by atoms with Crippen molar-refractivity contribution in [3.8, 4) is 0 Å². The predicted molar refractivity (Wildman–Crippen MR) is 77.4 cm³/mol. The molecule has 0 saturated carbocycles. The van der Waals surface area contributed by atoms with Gasteiger partial charge in [0.15, 0.2) is 5.82 Å². The Morgan fingerprint density at radius 1 is 1.15 bits per heavy atom. The van der Waals surface area contributed by atoms with Crippen LogP contribution in [0.4, 0.5) is 11.5 Å². The summed E-state index contributed by atoms with van der Waals surface area (Å²) in [6.45, 7) is 2.28. The van der Waals surface area contributed by atoms with E-state index in [-0.39, 0.29) is 11.6 Å². The van der Waals surface area contributed by atoms with Crippen LogP contribution in [0.3, 0.4) is 0 Å². The van der Waals surface area contributed by atoms with Gasteiger partial charge in [0.2, 0.25) is 10.0 Å². The van der Waals surface area contributed by atoms with Crippen molar-refractivity contribution < 1.29 is 8.42 Å². The first-order valence-corrected chi connectivity index (χ1v) is 7.70. The molecule has 104 valence electrons. The van der Waals surface area contributed by atoms with Gasteiger partial charge >= 0.3 is 0 Å². The number of aryl methyl sites for hydroxylation is 1. The zero-order valence-corrected chi connectivity index (χ0v) is 12.1. The Bertz CT molecular complexity index is 741. The summed E-state index contributed by atoms with van der Waals surface area (Å²) in [5, 5.41) is 0. The molecule has 0 radical (unpaired) electrons.